The van der Waals surface area contributed by atoms with Gasteiger partial charge in [0.05, 0.1) is 11.3 Å². The smallest absolute Gasteiger partial charge is 0.338 e. The highest BCUT2D eigenvalue weighted by Crippen LogP contribution is 2.24. The summed E-state index contributed by atoms with van der Waals surface area (Å²) in [7, 11) is 0. The molecule has 0 heterocycles. The van der Waals surface area contributed by atoms with Gasteiger partial charge in [-0.25, -0.2) is 4.79 Å². The van der Waals surface area contributed by atoms with Crippen LogP contribution in [0, 0.1) is 0 Å². The van der Waals surface area contributed by atoms with E-state index in [-0.39, 0.29) is 23.5 Å². The third-order valence-corrected chi connectivity index (χ3v) is 3.09. The van der Waals surface area contributed by atoms with Crippen LogP contribution < -0.4 is 5.73 Å². The average molecular weight is 235 g/mol. The van der Waals surface area contributed by atoms with Gasteiger partial charge >= 0.3 is 5.97 Å². The Morgan fingerprint density at radius 2 is 2.00 bits per heavy atom. The van der Waals surface area contributed by atoms with Crippen LogP contribution in [0.1, 0.15) is 42.5 Å². The maximum absolute atomic E-state index is 11.8. The number of ether oxygens (including phenoxy) is 1. The molecule has 4 heteroatoms. The first-order valence-corrected chi connectivity index (χ1v) is 5.96. The number of carbonyl (C=O) groups is 1. The Hall–Kier alpha value is -1.71. The van der Waals surface area contributed by atoms with Gasteiger partial charge in [-0.05, 0) is 43.9 Å². The Labute approximate surface area is 100 Å². The fourth-order valence-electron chi connectivity index (χ4n) is 2.07. The fraction of sp³-hybridized carbons (Fsp3) is 0.462. The topological polar surface area (TPSA) is 72.6 Å². The van der Waals surface area contributed by atoms with E-state index in [9.17, 15) is 9.90 Å². The highest BCUT2D eigenvalue weighted by atomic mass is 16.5. The molecule has 4 nitrogen and oxygen atoms in total. The minimum Gasteiger partial charge on any atom is -0.506 e. The Balaban J connectivity index is 2.01. The molecule has 0 atom stereocenters. The number of carbonyl (C=O) groups excluding carboxylic acids is 1. The SMILES string of the molecule is Nc1ccc(C(=O)OC2CCCCC2)cc1O. The lowest BCUT2D eigenvalue weighted by Crippen LogP contribution is -2.20. The molecule has 0 radical (unpaired) electrons. The third kappa shape index (κ3) is 2.90. The standard InChI is InChI=1S/C13H17NO3/c14-11-7-6-9(8-12(11)15)13(16)17-10-4-2-1-3-5-10/h6-8,10,15H,1-5,14H2. The summed E-state index contributed by atoms with van der Waals surface area (Å²) >= 11 is 0. The average Bonchev–Trinajstić information content (AvgIpc) is 2.34. The minimum absolute atomic E-state index is 0.0240. The lowest BCUT2D eigenvalue weighted by Gasteiger charge is -2.21. The largest absolute Gasteiger partial charge is 0.506 e. The Kier molecular flexibility index (Phi) is 3.52. The zero-order valence-electron chi connectivity index (χ0n) is 9.69. The molecule has 0 saturated heterocycles. The Bertz CT molecular complexity index is 411. The Morgan fingerprint density at radius 3 is 2.65 bits per heavy atom. The van der Waals surface area contributed by atoms with Crippen LogP contribution in [0.4, 0.5) is 5.69 Å². The molecule has 1 aliphatic rings. The first kappa shape index (κ1) is 11.8. The Morgan fingerprint density at radius 1 is 1.29 bits per heavy atom. The minimum atomic E-state index is -0.382. The molecule has 1 aromatic carbocycles. The van der Waals surface area contributed by atoms with Crippen LogP contribution in [0.3, 0.4) is 0 Å². The van der Waals surface area contributed by atoms with Gasteiger partial charge in [0, 0.05) is 0 Å². The van der Waals surface area contributed by atoms with Crippen LogP contribution in [0.25, 0.3) is 0 Å². The maximum atomic E-state index is 11.8. The first-order chi connectivity index (χ1) is 8.16. The van der Waals surface area contributed by atoms with Gasteiger partial charge in [0.1, 0.15) is 11.9 Å². The van der Waals surface area contributed by atoms with Crippen molar-refractivity contribution in [2.75, 3.05) is 5.73 Å². The van der Waals surface area contributed by atoms with Gasteiger partial charge < -0.3 is 15.6 Å². The fourth-order valence-corrected chi connectivity index (χ4v) is 2.07. The molecule has 1 aromatic rings. The van der Waals surface area contributed by atoms with E-state index in [0.717, 1.165) is 25.7 Å². The number of esters is 1. The summed E-state index contributed by atoms with van der Waals surface area (Å²) in [6.07, 6.45) is 5.35. The van der Waals surface area contributed by atoms with Crippen LogP contribution in [0.15, 0.2) is 18.2 Å². The monoisotopic (exact) mass is 235 g/mol. The molecule has 0 spiro atoms. The summed E-state index contributed by atoms with van der Waals surface area (Å²) in [5.41, 5.74) is 6.08. The van der Waals surface area contributed by atoms with Crippen molar-refractivity contribution in [3.63, 3.8) is 0 Å². The van der Waals surface area contributed by atoms with Crippen molar-refractivity contribution >= 4 is 11.7 Å². The van der Waals surface area contributed by atoms with Crippen molar-refractivity contribution in [2.24, 2.45) is 0 Å². The van der Waals surface area contributed by atoms with E-state index in [1.54, 1.807) is 6.07 Å². The number of anilines is 1. The van der Waals surface area contributed by atoms with Gasteiger partial charge in [-0.3, -0.25) is 0 Å². The van der Waals surface area contributed by atoms with E-state index >= 15 is 0 Å². The van der Waals surface area contributed by atoms with Crippen LogP contribution in [0.5, 0.6) is 5.75 Å². The number of nitrogens with two attached hydrogens (primary N) is 1. The van der Waals surface area contributed by atoms with Gasteiger partial charge in [0.2, 0.25) is 0 Å². The number of benzene rings is 1. The predicted octanol–water partition coefficient (Wildman–Crippen LogP) is 2.46. The molecule has 1 fully saturated rings. The van der Waals surface area contributed by atoms with Crippen molar-refractivity contribution in [1.82, 2.24) is 0 Å². The van der Waals surface area contributed by atoms with Gasteiger partial charge in [-0.2, -0.15) is 0 Å². The lowest BCUT2D eigenvalue weighted by molar-refractivity contribution is 0.0211. The molecular weight excluding hydrogens is 218 g/mol. The van der Waals surface area contributed by atoms with E-state index in [1.165, 1.54) is 18.6 Å². The van der Waals surface area contributed by atoms with Gasteiger partial charge in [0.15, 0.2) is 0 Å². The molecular formula is C13H17NO3. The van der Waals surface area contributed by atoms with Gasteiger partial charge in [-0.15, -0.1) is 0 Å². The van der Waals surface area contributed by atoms with Crippen molar-refractivity contribution in [3.8, 4) is 5.75 Å². The highest BCUT2D eigenvalue weighted by molar-refractivity contribution is 5.90. The van der Waals surface area contributed by atoms with E-state index < -0.39 is 0 Å². The van der Waals surface area contributed by atoms with E-state index in [4.69, 9.17) is 10.5 Å². The van der Waals surface area contributed by atoms with Crippen molar-refractivity contribution in [3.05, 3.63) is 23.8 Å². The molecule has 0 amide bonds. The number of aromatic hydroxyl groups is 1. The molecule has 0 bridgehead atoms. The molecule has 0 aliphatic heterocycles. The second-order valence-corrected chi connectivity index (χ2v) is 4.44. The van der Waals surface area contributed by atoms with Crippen molar-refractivity contribution < 1.29 is 14.6 Å². The normalized spacial score (nSPS) is 16.7. The zero-order valence-corrected chi connectivity index (χ0v) is 9.69. The quantitative estimate of drug-likeness (QED) is 0.469. The summed E-state index contributed by atoms with van der Waals surface area (Å²) < 4.78 is 5.38. The second kappa shape index (κ2) is 5.08. The third-order valence-electron chi connectivity index (χ3n) is 3.09. The summed E-state index contributed by atoms with van der Waals surface area (Å²) in [6, 6.07) is 4.42. The van der Waals surface area contributed by atoms with Crippen LogP contribution in [-0.4, -0.2) is 17.2 Å². The molecule has 92 valence electrons. The molecule has 1 saturated carbocycles. The number of hydrogen-bond acceptors (Lipinski definition) is 4. The van der Waals surface area contributed by atoms with Crippen molar-refractivity contribution in [2.45, 2.75) is 38.2 Å². The van der Waals surface area contributed by atoms with E-state index in [1.807, 2.05) is 0 Å². The maximum Gasteiger partial charge on any atom is 0.338 e. The molecule has 0 unspecified atom stereocenters. The van der Waals surface area contributed by atoms with Crippen molar-refractivity contribution in [1.29, 1.82) is 0 Å². The number of nitrogen functional groups attached to an aromatic ring is 1. The second-order valence-electron chi connectivity index (χ2n) is 4.44. The zero-order chi connectivity index (χ0) is 12.3. The number of rotatable bonds is 2. The van der Waals surface area contributed by atoms with Gasteiger partial charge in [-0.1, -0.05) is 6.42 Å². The molecule has 2 rings (SSSR count). The van der Waals surface area contributed by atoms with Gasteiger partial charge in [0.25, 0.3) is 0 Å². The summed E-state index contributed by atoms with van der Waals surface area (Å²) in [5.74, 6) is -0.463. The summed E-state index contributed by atoms with van der Waals surface area (Å²) in [6.45, 7) is 0. The van der Waals surface area contributed by atoms with E-state index in [2.05, 4.69) is 0 Å². The number of hydrogen-bond donors (Lipinski definition) is 2. The summed E-state index contributed by atoms with van der Waals surface area (Å²) in [4.78, 5) is 11.8. The lowest BCUT2D eigenvalue weighted by atomic mass is 9.98. The summed E-state index contributed by atoms with van der Waals surface area (Å²) in [5, 5.41) is 9.42. The number of phenolic OH excluding ortho intramolecular Hbond substituents is 1. The molecule has 17 heavy (non-hydrogen) atoms. The first-order valence-electron chi connectivity index (χ1n) is 5.96. The van der Waals surface area contributed by atoms with Crippen LogP contribution in [-0.2, 0) is 4.74 Å². The number of phenols is 1. The highest BCUT2D eigenvalue weighted by Gasteiger charge is 2.19. The predicted molar refractivity (Wildman–Crippen MR) is 64.8 cm³/mol. The van der Waals surface area contributed by atoms with Crippen LogP contribution in [0.2, 0.25) is 0 Å². The molecule has 3 N–H and O–H groups in total. The molecule has 1 aliphatic carbocycles. The molecule has 0 aromatic heterocycles. The van der Waals surface area contributed by atoms with Crippen LogP contribution >= 0.6 is 0 Å². The van der Waals surface area contributed by atoms with E-state index in [0.29, 0.717) is 5.56 Å².